The molecule has 0 spiro atoms. The Labute approximate surface area is 293 Å². The Kier molecular flexibility index (Phi) is 30.6. The van der Waals surface area contributed by atoms with Crippen molar-refractivity contribution in [3.63, 3.8) is 0 Å². The van der Waals surface area contributed by atoms with Crippen molar-refractivity contribution in [3.8, 4) is 0 Å². The molecule has 0 aliphatic rings. The molecular weight excluding hydrogens is 659 g/mol. The van der Waals surface area contributed by atoms with Crippen molar-refractivity contribution in [1.82, 2.24) is 12.3 Å². The van der Waals surface area contributed by atoms with Crippen LogP contribution in [0.5, 0.6) is 0 Å². The zero-order valence-corrected chi connectivity index (χ0v) is 33.1. The van der Waals surface area contributed by atoms with Gasteiger partial charge in [0.25, 0.3) is 10.2 Å². The minimum absolute atomic E-state index is 0.0315. The van der Waals surface area contributed by atoms with Crippen LogP contribution in [0.4, 0.5) is 0 Å². The fourth-order valence-corrected chi connectivity index (χ4v) is 10.4. The van der Waals surface area contributed by atoms with Crippen molar-refractivity contribution in [2.24, 2.45) is 0 Å². The van der Waals surface area contributed by atoms with Gasteiger partial charge in [-0.1, -0.05) is 147 Å². The molecule has 0 aromatic heterocycles. The molecule has 1 N–H and O–H groups in total. The van der Waals surface area contributed by atoms with E-state index >= 15 is 0 Å². The highest BCUT2D eigenvalue weighted by atomic mass is 32.3. The fraction of sp³-hybridized carbons (Fsp3) is 1.00. The molecule has 47 heavy (non-hydrogen) atoms. The van der Waals surface area contributed by atoms with Crippen LogP contribution in [0.1, 0.15) is 169 Å². The third-order valence-corrected chi connectivity index (χ3v) is 13.8. The number of sulfonamides is 1. The van der Waals surface area contributed by atoms with Crippen LogP contribution < -0.4 is 0 Å². The van der Waals surface area contributed by atoms with Crippen LogP contribution in [0.2, 0.25) is 0 Å². The fourth-order valence-electron chi connectivity index (χ4n) is 5.66. The second-order valence-electron chi connectivity index (χ2n) is 12.9. The Balaban J connectivity index is 4.98. The molecule has 0 aliphatic heterocycles. The predicted molar refractivity (Wildman–Crippen MR) is 198 cm³/mol. The first-order valence-corrected chi connectivity index (χ1v) is 23.1. The molecule has 0 radical (unpaired) electrons. The highest BCUT2D eigenvalue weighted by Crippen LogP contribution is 2.17. The summed E-state index contributed by atoms with van der Waals surface area (Å²) >= 11 is -2.35. The van der Waals surface area contributed by atoms with Crippen LogP contribution in [0, 0.1) is 0 Å². The number of rotatable bonds is 36. The van der Waals surface area contributed by atoms with Gasteiger partial charge in [-0.3, -0.25) is 4.55 Å². The summed E-state index contributed by atoms with van der Waals surface area (Å²) in [7, 11) is -8.65. The molecule has 0 saturated carbocycles. The Hall–Kier alpha value is -0.150. The number of hydrogen-bond donors (Lipinski definition) is 1. The summed E-state index contributed by atoms with van der Waals surface area (Å²) < 4.78 is 85.1. The number of hydrogen-bond acceptors (Lipinski definition) is 6. The summed E-state index contributed by atoms with van der Waals surface area (Å²) in [5.41, 5.74) is 0. The number of unbranched alkanes of at least 4 members (excludes halogenated alkanes) is 18. The molecule has 0 fully saturated rings. The monoisotopic (exact) mass is 731 g/mol. The van der Waals surface area contributed by atoms with Gasteiger partial charge in [-0.25, -0.2) is 16.9 Å². The Morgan fingerprint density at radius 2 is 0.936 bits per heavy atom. The molecular formula is C34H73N3O7S3. The lowest BCUT2D eigenvalue weighted by atomic mass is 10.1. The van der Waals surface area contributed by atoms with Gasteiger partial charge in [-0.15, -0.1) is 0 Å². The average molecular weight is 732 g/mol. The standard InChI is InChI=1S/C34H73N3O7S3/c1-5-9-11-13-15-17-19-21-23-25-29-35(45(38)39)31-34-46(40,41)37(47(42,43)36(27-7-3)28-8-4)30-33-44-32-26-24-22-20-18-16-14-12-10-6-2/h5-34H2,1-4H3,(H,38,39). The zero-order valence-electron chi connectivity index (χ0n) is 30.7. The highest BCUT2D eigenvalue weighted by molar-refractivity contribution is 8.03. The van der Waals surface area contributed by atoms with Gasteiger partial charge in [0.05, 0.1) is 18.9 Å². The molecule has 284 valence electrons. The highest BCUT2D eigenvalue weighted by Gasteiger charge is 2.38. The van der Waals surface area contributed by atoms with Gasteiger partial charge < -0.3 is 4.74 Å². The smallest absolute Gasteiger partial charge is 0.295 e. The molecule has 0 rings (SSSR count). The molecule has 1 unspecified atom stereocenters. The van der Waals surface area contributed by atoms with Gasteiger partial charge in [0.15, 0.2) is 0 Å². The summed E-state index contributed by atoms with van der Waals surface area (Å²) in [4.78, 5) is 0. The molecule has 0 aromatic rings. The van der Waals surface area contributed by atoms with Crippen LogP contribution in [0.25, 0.3) is 0 Å². The minimum atomic E-state index is -4.33. The largest absolute Gasteiger partial charge is 0.380 e. The first-order valence-electron chi connectivity index (χ1n) is 19.0. The van der Waals surface area contributed by atoms with E-state index < -0.39 is 37.3 Å². The summed E-state index contributed by atoms with van der Waals surface area (Å²) in [6, 6.07) is 0. The van der Waals surface area contributed by atoms with E-state index in [-0.39, 0.29) is 39.3 Å². The molecule has 0 saturated heterocycles. The van der Waals surface area contributed by atoms with Gasteiger partial charge in [-0.2, -0.15) is 12.7 Å². The van der Waals surface area contributed by atoms with Crippen LogP contribution >= 0.6 is 0 Å². The summed E-state index contributed by atoms with van der Waals surface area (Å²) in [5.74, 6) is -0.569. The van der Waals surface area contributed by atoms with Crippen molar-refractivity contribution >= 4 is 31.5 Å². The second-order valence-corrected chi connectivity index (χ2v) is 17.9. The normalized spacial score (nSPS) is 13.4. The second kappa shape index (κ2) is 30.7. The Morgan fingerprint density at radius 3 is 1.36 bits per heavy atom. The van der Waals surface area contributed by atoms with Crippen LogP contribution in [-0.2, 0) is 36.2 Å². The molecule has 0 bridgehead atoms. The van der Waals surface area contributed by atoms with E-state index in [0.717, 1.165) is 38.5 Å². The van der Waals surface area contributed by atoms with Crippen molar-refractivity contribution in [2.45, 2.75) is 169 Å². The maximum atomic E-state index is 13.7. The molecule has 1 atom stereocenters. The number of ether oxygens (including phenoxy) is 1. The van der Waals surface area contributed by atoms with E-state index in [2.05, 4.69) is 13.8 Å². The van der Waals surface area contributed by atoms with Crippen molar-refractivity contribution < 1.29 is 30.3 Å². The van der Waals surface area contributed by atoms with Gasteiger partial charge in [0, 0.05) is 32.8 Å². The minimum Gasteiger partial charge on any atom is -0.380 e. The Morgan fingerprint density at radius 1 is 0.511 bits per heavy atom. The SMILES string of the molecule is CCCCCCCCCCCCOCCN(S(=O)(=O)CCN(CCCCCCCCCCCC)S(=O)O)S(=O)(=O)N(CCC)CCC. The lowest BCUT2D eigenvalue weighted by Gasteiger charge is -2.29. The molecule has 0 heterocycles. The van der Waals surface area contributed by atoms with Crippen molar-refractivity contribution in [3.05, 3.63) is 0 Å². The van der Waals surface area contributed by atoms with E-state index in [4.69, 9.17) is 4.74 Å². The maximum absolute atomic E-state index is 13.7. The molecule has 0 amide bonds. The number of nitrogens with zero attached hydrogens (tertiary/aromatic N) is 3. The van der Waals surface area contributed by atoms with E-state index in [1.807, 2.05) is 13.8 Å². The molecule has 0 aliphatic carbocycles. The van der Waals surface area contributed by atoms with Crippen LogP contribution in [0.3, 0.4) is 0 Å². The van der Waals surface area contributed by atoms with E-state index in [1.165, 1.54) is 92.1 Å². The van der Waals surface area contributed by atoms with Crippen LogP contribution in [0.15, 0.2) is 0 Å². The van der Waals surface area contributed by atoms with E-state index in [9.17, 15) is 25.6 Å². The van der Waals surface area contributed by atoms with Crippen molar-refractivity contribution in [1.29, 1.82) is 0 Å². The molecule has 13 heteroatoms. The van der Waals surface area contributed by atoms with Gasteiger partial charge >= 0.3 is 0 Å². The quantitative estimate of drug-likeness (QED) is 0.0508. The lowest BCUT2D eigenvalue weighted by Crippen LogP contribution is -2.50. The molecule has 10 nitrogen and oxygen atoms in total. The summed E-state index contributed by atoms with van der Waals surface area (Å²) in [6.45, 7) is 8.74. The van der Waals surface area contributed by atoms with Gasteiger partial charge in [-0.05, 0) is 25.7 Å². The predicted octanol–water partition coefficient (Wildman–Crippen LogP) is 8.28. The van der Waals surface area contributed by atoms with E-state index in [1.54, 1.807) is 0 Å². The zero-order chi connectivity index (χ0) is 35.2. The first kappa shape index (κ1) is 46.9. The van der Waals surface area contributed by atoms with Gasteiger partial charge in [0.1, 0.15) is 0 Å². The third-order valence-electron chi connectivity index (χ3n) is 8.48. The van der Waals surface area contributed by atoms with E-state index in [0.29, 0.717) is 29.6 Å². The first-order chi connectivity index (χ1) is 22.6. The summed E-state index contributed by atoms with van der Waals surface area (Å²) in [6.07, 6.45) is 24.3. The summed E-state index contributed by atoms with van der Waals surface area (Å²) in [5, 5.41) is 0. The lowest BCUT2D eigenvalue weighted by molar-refractivity contribution is 0.126. The maximum Gasteiger partial charge on any atom is 0.295 e. The third kappa shape index (κ3) is 23.8. The molecule has 0 aromatic carbocycles. The Bertz CT molecular complexity index is 947. The van der Waals surface area contributed by atoms with Crippen molar-refractivity contribution in [2.75, 3.05) is 51.7 Å². The average Bonchev–Trinajstić information content (AvgIpc) is 3.03. The van der Waals surface area contributed by atoms with Gasteiger partial charge in [0.2, 0.25) is 21.3 Å². The topological polar surface area (TPSA) is 125 Å². The van der Waals surface area contributed by atoms with Crippen LogP contribution in [-0.4, -0.2) is 89.6 Å².